The van der Waals surface area contributed by atoms with Gasteiger partial charge in [-0.15, -0.1) is 13.2 Å². The molecule has 0 amide bonds. The normalized spacial score (nSPS) is 46.6. The third-order valence-electron chi connectivity index (χ3n) is 11.3. The summed E-state index contributed by atoms with van der Waals surface area (Å²) in [5.74, 6) is 6.14. The van der Waals surface area contributed by atoms with Gasteiger partial charge in [-0.2, -0.15) is 0 Å². The number of hydrogen-bond acceptors (Lipinski definition) is 3. The highest BCUT2D eigenvalue weighted by atomic mass is 16.6. The van der Waals surface area contributed by atoms with E-state index in [9.17, 15) is 0 Å². The highest BCUT2D eigenvalue weighted by molar-refractivity contribution is 5.08. The number of fused-ring (bicyclic) bond motifs is 3. The van der Waals surface area contributed by atoms with E-state index in [2.05, 4.69) is 42.4 Å². The van der Waals surface area contributed by atoms with Crippen LogP contribution in [-0.2, 0) is 9.47 Å². The standard InChI is InChI=1S/C33H51NO2/c1-3-23-15-26(14-13-24-17-25(4-2)28(18-24)20-35-21-29-22-36-29)27(16-23)19-34-32-11-7-5-9-30(32)31-10-6-8-12-33(31)34/h3-4,13-14,23-33H,1-2,5-12,15-22H2/b14-13-. The molecule has 0 aromatic rings. The maximum atomic E-state index is 5.99. The Bertz CT molecular complexity index is 767. The molecule has 11 atom stereocenters. The summed E-state index contributed by atoms with van der Waals surface area (Å²) in [5, 5.41) is 0. The van der Waals surface area contributed by atoms with Crippen LogP contribution in [0.1, 0.15) is 77.0 Å². The third-order valence-corrected chi connectivity index (χ3v) is 11.3. The van der Waals surface area contributed by atoms with Gasteiger partial charge in [-0.1, -0.05) is 50.0 Å². The minimum absolute atomic E-state index is 0.366. The van der Waals surface area contributed by atoms with Crippen molar-refractivity contribution >= 4 is 0 Å². The number of epoxide rings is 1. The van der Waals surface area contributed by atoms with Gasteiger partial charge in [0.15, 0.2) is 0 Å². The van der Waals surface area contributed by atoms with Gasteiger partial charge in [-0.3, -0.25) is 4.90 Å². The monoisotopic (exact) mass is 493 g/mol. The van der Waals surface area contributed by atoms with E-state index in [1.54, 1.807) is 0 Å². The van der Waals surface area contributed by atoms with Crippen LogP contribution in [0.15, 0.2) is 37.5 Å². The molecule has 2 heterocycles. The van der Waals surface area contributed by atoms with E-state index in [4.69, 9.17) is 9.47 Å². The Labute approximate surface area is 220 Å². The zero-order valence-corrected chi connectivity index (χ0v) is 22.7. The van der Waals surface area contributed by atoms with E-state index in [-0.39, 0.29) is 0 Å². The third kappa shape index (κ3) is 5.45. The van der Waals surface area contributed by atoms with Crippen molar-refractivity contribution < 1.29 is 9.47 Å². The van der Waals surface area contributed by atoms with Crippen molar-refractivity contribution in [3.05, 3.63) is 37.5 Å². The van der Waals surface area contributed by atoms with Crippen LogP contribution in [0.2, 0.25) is 0 Å². The van der Waals surface area contributed by atoms with Crippen LogP contribution in [-0.4, -0.2) is 49.5 Å². The van der Waals surface area contributed by atoms with E-state index in [1.165, 1.54) is 83.6 Å². The predicted molar refractivity (Wildman–Crippen MR) is 148 cm³/mol. The average Bonchev–Trinajstić information content (AvgIpc) is 3.40. The lowest BCUT2D eigenvalue weighted by Gasteiger charge is -2.37. The first kappa shape index (κ1) is 25.4. The molecule has 0 aromatic heterocycles. The van der Waals surface area contributed by atoms with Gasteiger partial charge in [0.05, 0.1) is 19.8 Å². The summed E-state index contributed by atoms with van der Waals surface area (Å²) in [6.45, 7) is 12.2. The molecule has 6 aliphatic rings. The van der Waals surface area contributed by atoms with Crippen LogP contribution < -0.4 is 0 Å². The first-order chi connectivity index (χ1) is 17.7. The molecule has 3 nitrogen and oxygen atoms in total. The second-order valence-corrected chi connectivity index (χ2v) is 13.4. The van der Waals surface area contributed by atoms with E-state index < -0.39 is 0 Å². The fourth-order valence-electron chi connectivity index (χ4n) is 9.38. The van der Waals surface area contributed by atoms with Gasteiger partial charge in [0.2, 0.25) is 0 Å². The second-order valence-electron chi connectivity index (χ2n) is 13.4. The highest BCUT2D eigenvalue weighted by Crippen LogP contribution is 2.51. The molecule has 3 heteroatoms. The van der Waals surface area contributed by atoms with Crippen LogP contribution in [0.5, 0.6) is 0 Å². The van der Waals surface area contributed by atoms with E-state index in [0.29, 0.717) is 29.8 Å². The minimum Gasteiger partial charge on any atom is -0.378 e. The Hall–Kier alpha value is -0.900. The fourth-order valence-corrected chi connectivity index (χ4v) is 9.38. The summed E-state index contributed by atoms with van der Waals surface area (Å²) in [4.78, 5) is 3.09. The molecule has 0 bridgehead atoms. The van der Waals surface area contributed by atoms with E-state index >= 15 is 0 Å². The molecule has 2 saturated heterocycles. The van der Waals surface area contributed by atoms with Crippen molar-refractivity contribution in [1.82, 2.24) is 4.90 Å². The van der Waals surface area contributed by atoms with Crippen LogP contribution in [0, 0.1) is 47.3 Å². The zero-order valence-electron chi connectivity index (χ0n) is 22.7. The molecule has 200 valence electrons. The minimum atomic E-state index is 0.366. The van der Waals surface area contributed by atoms with Crippen molar-refractivity contribution in [1.29, 1.82) is 0 Å². The first-order valence-electron chi connectivity index (χ1n) is 15.6. The van der Waals surface area contributed by atoms with Crippen LogP contribution in [0.4, 0.5) is 0 Å². The molecule has 6 fully saturated rings. The molecule has 0 aromatic carbocycles. The van der Waals surface area contributed by atoms with E-state index in [1.807, 2.05) is 0 Å². The Morgan fingerprint density at radius 3 is 2.06 bits per heavy atom. The molecule has 36 heavy (non-hydrogen) atoms. The number of allylic oxidation sites excluding steroid dienone is 4. The molecule has 4 saturated carbocycles. The van der Waals surface area contributed by atoms with Crippen molar-refractivity contribution in [3.63, 3.8) is 0 Å². The number of hydrogen-bond donors (Lipinski definition) is 0. The van der Waals surface area contributed by atoms with Gasteiger partial charge >= 0.3 is 0 Å². The molecule has 4 aliphatic carbocycles. The molecular formula is C33H51NO2. The van der Waals surface area contributed by atoms with Crippen molar-refractivity contribution in [2.75, 3.05) is 26.4 Å². The van der Waals surface area contributed by atoms with Gasteiger partial charge < -0.3 is 9.47 Å². The molecule has 0 N–H and O–H groups in total. The maximum absolute atomic E-state index is 5.99. The van der Waals surface area contributed by atoms with Crippen LogP contribution in [0.25, 0.3) is 0 Å². The summed E-state index contributed by atoms with van der Waals surface area (Å²) in [5.41, 5.74) is 0. The smallest absolute Gasteiger partial charge is 0.104 e. The largest absolute Gasteiger partial charge is 0.378 e. The number of nitrogens with zero attached hydrogens (tertiary/aromatic N) is 1. The fraction of sp³-hybridized carbons (Fsp3) is 0.818. The summed E-state index contributed by atoms with van der Waals surface area (Å²) in [6, 6.07) is 1.79. The Kier molecular flexibility index (Phi) is 8.08. The number of rotatable bonds is 10. The molecular weight excluding hydrogens is 442 g/mol. The predicted octanol–water partition coefficient (Wildman–Crippen LogP) is 7.05. The lowest BCUT2D eigenvalue weighted by Crippen LogP contribution is -2.43. The zero-order chi connectivity index (χ0) is 24.5. The molecule has 2 aliphatic heterocycles. The lowest BCUT2D eigenvalue weighted by molar-refractivity contribution is 0.0794. The first-order valence-corrected chi connectivity index (χ1v) is 15.6. The van der Waals surface area contributed by atoms with Gasteiger partial charge in [-0.05, 0) is 98.7 Å². The van der Waals surface area contributed by atoms with Crippen molar-refractivity contribution in [3.8, 4) is 0 Å². The number of ether oxygens (including phenoxy) is 2. The van der Waals surface area contributed by atoms with E-state index in [0.717, 1.165) is 55.6 Å². The average molecular weight is 494 g/mol. The summed E-state index contributed by atoms with van der Waals surface area (Å²) in [7, 11) is 0. The quantitative estimate of drug-likeness (QED) is 0.241. The Balaban J connectivity index is 1.09. The van der Waals surface area contributed by atoms with Gasteiger partial charge in [0.25, 0.3) is 0 Å². The van der Waals surface area contributed by atoms with Crippen molar-refractivity contribution in [2.45, 2.75) is 95.2 Å². The van der Waals surface area contributed by atoms with Crippen molar-refractivity contribution in [2.24, 2.45) is 47.3 Å². The topological polar surface area (TPSA) is 25.0 Å². The summed E-state index contributed by atoms with van der Waals surface area (Å²) >= 11 is 0. The molecule has 0 spiro atoms. The molecule has 6 rings (SSSR count). The second kappa shape index (κ2) is 11.5. The van der Waals surface area contributed by atoms with Crippen LogP contribution in [0.3, 0.4) is 0 Å². The highest BCUT2D eigenvalue weighted by Gasteiger charge is 2.50. The Morgan fingerprint density at radius 1 is 0.722 bits per heavy atom. The van der Waals surface area contributed by atoms with Gasteiger partial charge in [-0.25, -0.2) is 0 Å². The number of likely N-dealkylation sites (tertiary alicyclic amines) is 1. The summed E-state index contributed by atoms with van der Waals surface area (Å²) < 4.78 is 11.3. The maximum Gasteiger partial charge on any atom is 0.104 e. The lowest BCUT2D eigenvalue weighted by atomic mass is 9.73. The summed E-state index contributed by atoms with van der Waals surface area (Å²) in [6.07, 6.45) is 27.1. The van der Waals surface area contributed by atoms with Gasteiger partial charge in [0.1, 0.15) is 6.10 Å². The molecule has 0 radical (unpaired) electrons. The molecule has 11 unspecified atom stereocenters. The van der Waals surface area contributed by atoms with Gasteiger partial charge in [0, 0.05) is 18.6 Å². The Morgan fingerprint density at radius 2 is 1.39 bits per heavy atom. The SMILES string of the molecule is C=CC1CC(/C=C\C2CC(C=C)C(COCC3CO3)C2)C(CN2C3CCCCC3C3CCCCC32)C1. The van der Waals surface area contributed by atoms with Crippen LogP contribution >= 0.6 is 0 Å².